The number of carbonyl (C=O) groups excluding carboxylic acids is 1. The number of benzene rings is 2. The Kier molecular flexibility index (Phi) is 3.26. The number of sulfonamides is 1. The van der Waals surface area contributed by atoms with E-state index in [1.807, 2.05) is 0 Å². The molecule has 0 saturated heterocycles. The number of likely N-dealkylation sites (N-methyl/N-ethyl adjacent to an activating group) is 1. The molecule has 112 valence electrons. The van der Waals surface area contributed by atoms with Gasteiger partial charge in [0.1, 0.15) is 11.4 Å². The lowest BCUT2D eigenvalue weighted by Gasteiger charge is -2.28. The van der Waals surface area contributed by atoms with E-state index in [0.717, 1.165) is 4.31 Å². The van der Waals surface area contributed by atoms with E-state index in [-0.39, 0.29) is 21.9 Å². The second-order valence-electron chi connectivity index (χ2n) is 4.89. The number of carbonyl (C=O) groups is 1. The Bertz CT molecular complexity index is 900. The zero-order valence-corrected chi connectivity index (χ0v) is 12.5. The molecule has 0 spiro atoms. The van der Waals surface area contributed by atoms with Crippen molar-refractivity contribution in [3.63, 3.8) is 0 Å². The van der Waals surface area contributed by atoms with Crippen molar-refractivity contribution in [2.45, 2.75) is 4.90 Å². The van der Waals surface area contributed by atoms with E-state index < -0.39 is 15.8 Å². The first kappa shape index (κ1) is 14.3. The number of rotatable bonds is 1. The fourth-order valence-corrected chi connectivity index (χ4v) is 3.73. The lowest BCUT2D eigenvalue weighted by molar-refractivity contribution is 0.101. The van der Waals surface area contributed by atoms with Gasteiger partial charge in [0.25, 0.3) is 10.0 Å². The van der Waals surface area contributed by atoms with Crippen molar-refractivity contribution in [3.8, 4) is 5.75 Å². The number of phenols is 1. The number of para-hydroxylation sites is 1. The second-order valence-corrected chi connectivity index (χ2v) is 6.82. The van der Waals surface area contributed by atoms with Gasteiger partial charge in [-0.15, -0.1) is 0 Å². The van der Waals surface area contributed by atoms with Crippen LogP contribution in [0.5, 0.6) is 5.75 Å². The largest absolute Gasteiger partial charge is 0.507 e. The van der Waals surface area contributed by atoms with Gasteiger partial charge in [0.15, 0.2) is 0 Å². The standard InChI is InChI=1S/C16H13NO4S/c1-17-13(10-11-6-2-4-8-14(11)18)16(19)12-7-3-5-9-15(12)22(17,20)21/h2-10,18H,1H3/b13-10-. The number of Topliss-reactive ketones (excluding diaryl/α,β-unsaturated/α-hetero) is 1. The van der Waals surface area contributed by atoms with Crippen LogP contribution in [0.3, 0.4) is 0 Å². The summed E-state index contributed by atoms with van der Waals surface area (Å²) in [6, 6.07) is 12.5. The Morgan fingerprint density at radius 2 is 1.68 bits per heavy atom. The first-order valence-electron chi connectivity index (χ1n) is 6.55. The summed E-state index contributed by atoms with van der Waals surface area (Å²) in [5, 5.41) is 9.82. The fraction of sp³-hybridized carbons (Fsp3) is 0.0625. The van der Waals surface area contributed by atoms with Crippen molar-refractivity contribution in [2.75, 3.05) is 7.05 Å². The highest BCUT2D eigenvalue weighted by atomic mass is 32.2. The molecule has 1 aliphatic rings. The third-order valence-electron chi connectivity index (χ3n) is 3.57. The van der Waals surface area contributed by atoms with Crippen LogP contribution in [0.25, 0.3) is 6.08 Å². The van der Waals surface area contributed by atoms with Crippen LogP contribution in [-0.2, 0) is 10.0 Å². The van der Waals surface area contributed by atoms with Crippen molar-refractivity contribution in [1.29, 1.82) is 0 Å². The molecule has 6 heteroatoms. The topological polar surface area (TPSA) is 74.7 Å². The van der Waals surface area contributed by atoms with E-state index in [1.54, 1.807) is 30.3 Å². The van der Waals surface area contributed by atoms with E-state index in [0.29, 0.717) is 5.56 Å². The van der Waals surface area contributed by atoms with Crippen LogP contribution in [-0.4, -0.2) is 30.7 Å². The maximum Gasteiger partial charge on any atom is 0.264 e. The third-order valence-corrected chi connectivity index (χ3v) is 5.40. The van der Waals surface area contributed by atoms with Crippen LogP contribution < -0.4 is 0 Å². The fourth-order valence-electron chi connectivity index (χ4n) is 2.35. The van der Waals surface area contributed by atoms with Crippen molar-refractivity contribution >= 4 is 21.9 Å². The molecule has 1 N–H and O–H groups in total. The maximum atomic E-state index is 12.6. The van der Waals surface area contributed by atoms with Crippen LogP contribution in [0.15, 0.2) is 59.1 Å². The molecule has 0 radical (unpaired) electrons. The van der Waals surface area contributed by atoms with Gasteiger partial charge in [-0.25, -0.2) is 8.42 Å². The molecule has 2 aromatic carbocycles. The predicted octanol–water partition coefficient (Wildman–Crippen LogP) is 2.25. The van der Waals surface area contributed by atoms with Gasteiger partial charge in [0.05, 0.1) is 4.90 Å². The summed E-state index contributed by atoms with van der Waals surface area (Å²) in [5.74, 6) is -0.413. The second kappa shape index (κ2) is 4.99. The van der Waals surface area contributed by atoms with Crippen molar-refractivity contribution in [3.05, 3.63) is 65.4 Å². The van der Waals surface area contributed by atoms with Crippen LogP contribution in [0.2, 0.25) is 0 Å². The minimum atomic E-state index is -3.77. The number of hydrogen-bond donors (Lipinski definition) is 1. The average Bonchev–Trinajstić information content (AvgIpc) is 2.52. The smallest absolute Gasteiger partial charge is 0.264 e. The van der Waals surface area contributed by atoms with Crippen LogP contribution >= 0.6 is 0 Å². The first-order valence-corrected chi connectivity index (χ1v) is 7.99. The zero-order chi connectivity index (χ0) is 15.9. The molecule has 0 aliphatic carbocycles. The summed E-state index contributed by atoms with van der Waals surface area (Å²) in [6.45, 7) is 0. The third kappa shape index (κ3) is 2.08. The van der Waals surface area contributed by atoms with Crippen molar-refractivity contribution in [1.82, 2.24) is 4.31 Å². The highest BCUT2D eigenvalue weighted by Gasteiger charge is 2.36. The minimum absolute atomic E-state index is 0.000185. The Balaban J connectivity index is 2.24. The molecule has 5 nitrogen and oxygen atoms in total. The van der Waals surface area contributed by atoms with Crippen LogP contribution in [0.1, 0.15) is 15.9 Å². The Hall–Kier alpha value is -2.60. The number of fused-ring (bicyclic) bond motifs is 1. The van der Waals surface area contributed by atoms with Crippen LogP contribution in [0, 0.1) is 0 Å². The molecule has 3 rings (SSSR count). The summed E-state index contributed by atoms with van der Waals surface area (Å²) < 4.78 is 26.0. The maximum absolute atomic E-state index is 12.6. The number of nitrogens with zero attached hydrogens (tertiary/aromatic N) is 1. The minimum Gasteiger partial charge on any atom is -0.507 e. The molecule has 0 unspecified atom stereocenters. The van der Waals surface area contributed by atoms with Gasteiger partial charge in [0.2, 0.25) is 5.78 Å². The van der Waals surface area contributed by atoms with E-state index in [1.165, 1.54) is 31.3 Å². The molecule has 0 aromatic heterocycles. The SMILES string of the molecule is CN1/C(=C\c2ccccc2O)C(=O)c2ccccc2S1(=O)=O. The predicted molar refractivity (Wildman–Crippen MR) is 81.8 cm³/mol. The number of allylic oxidation sites excluding steroid dienone is 1. The molecule has 1 aliphatic heterocycles. The first-order chi connectivity index (χ1) is 10.4. The molecule has 0 bridgehead atoms. The quantitative estimate of drug-likeness (QED) is 0.819. The Labute approximate surface area is 128 Å². The summed E-state index contributed by atoms with van der Waals surface area (Å²) in [4.78, 5) is 12.6. The number of phenolic OH excluding ortho intramolecular Hbond substituents is 1. The number of aromatic hydroxyl groups is 1. The molecule has 0 fully saturated rings. The van der Waals surface area contributed by atoms with E-state index in [2.05, 4.69) is 0 Å². The highest BCUT2D eigenvalue weighted by Crippen LogP contribution is 2.32. The van der Waals surface area contributed by atoms with Gasteiger partial charge in [-0.2, -0.15) is 0 Å². The molecular weight excluding hydrogens is 302 g/mol. The van der Waals surface area contributed by atoms with Gasteiger partial charge in [-0.3, -0.25) is 9.10 Å². The van der Waals surface area contributed by atoms with E-state index in [9.17, 15) is 18.3 Å². The molecular formula is C16H13NO4S. The number of ketones is 1. The summed E-state index contributed by atoms with van der Waals surface area (Å²) >= 11 is 0. The normalized spacial score (nSPS) is 18.3. The zero-order valence-electron chi connectivity index (χ0n) is 11.7. The van der Waals surface area contributed by atoms with Crippen LogP contribution in [0.4, 0.5) is 0 Å². The van der Waals surface area contributed by atoms with Gasteiger partial charge < -0.3 is 5.11 Å². The van der Waals surface area contributed by atoms with Crippen molar-refractivity contribution < 1.29 is 18.3 Å². The summed E-state index contributed by atoms with van der Waals surface area (Å²) in [7, 11) is -2.44. The highest BCUT2D eigenvalue weighted by molar-refractivity contribution is 7.89. The molecule has 22 heavy (non-hydrogen) atoms. The van der Waals surface area contributed by atoms with E-state index in [4.69, 9.17) is 0 Å². The monoisotopic (exact) mass is 315 g/mol. The lowest BCUT2D eigenvalue weighted by atomic mass is 10.1. The summed E-state index contributed by atoms with van der Waals surface area (Å²) in [6.07, 6.45) is 1.38. The molecule has 2 aromatic rings. The molecule has 0 amide bonds. The molecule has 0 saturated carbocycles. The molecule has 0 atom stereocenters. The average molecular weight is 315 g/mol. The van der Waals surface area contributed by atoms with Gasteiger partial charge in [0, 0.05) is 18.2 Å². The molecule has 1 heterocycles. The lowest BCUT2D eigenvalue weighted by Crippen LogP contribution is -2.36. The van der Waals surface area contributed by atoms with Gasteiger partial charge in [-0.1, -0.05) is 30.3 Å². The van der Waals surface area contributed by atoms with Crippen molar-refractivity contribution in [2.24, 2.45) is 0 Å². The Morgan fingerprint density at radius 3 is 2.41 bits per heavy atom. The van der Waals surface area contributed by atoms with E-state index >= 15 is 0 Å². The Morgan fingerprint density at radius 1 is 1.05 bits per heavy atom. The van der Waals surface area contributed by atoms with Gasteiger partial charge >= 0.3 is 0 Å². The number of hydrogen-bond acceptors (Lipinski definition) is 4. The van der Waals surface area contributed by atoms with Gasteiger partial charge in [-0.05, 0) is 24.3 Å². The summed E-state index contributed by atoms with van der Waals surface area (Å²) in [5.41, 5.74) is 0.523.